The Hall–Kier alpha value is -2.04. The Balaban J connectivity index is 1.87. The molecule has 0 radical (unpaired) electrons. The van der Waals surface area contributed by atoms with Gasteiger partial charge in [-0.25, -0.2) is 0 Å². The molecule has 0 unspecified atom stereocenters. The van der Waals surface area contributed by atoms with Gasteiger partial charge >= 0.3 is 0 Å². The highest BCUT2D eigenvalue weighted by molar-refractivity contribution is 5.42. The van der Waals surface area contributed by atoms with Gasteiger partial charge < -0.3 is 19.9 Å². The molecule has 0 atom stereocenters. The predicted octanol–water partition coefficient (Wildman–Crippen LogP) is 3.10. The van der Waals surface area contributed by atoms with Crippen molar-refractivity contribution in [3.8, 4) is 11.5 Å². The van der Waals surface area contributed by atoms with Crippen molar-refractivity contribution in [2.45, 2.75) is 20.1 Å². The summed E-state index contributed by atoms with van der Waals surface area (Å²) >= 11 is 0. The van der Waals surface area contributed by atoms with E-state index in [4.69, 9.17) is 19.9 Å². The van der Waals surface area contributed by atoms with E-state index in [0.717, 1.165) is 11.1 Å². The van der Waals surface area contributed by atoms with Gasteiger partial charge in [0.1, 0.15) is 0 Å². The van der Waals surface area contributed by atoms with Crippen molar-refractivity contribution in [3.05, 3.63) is 59.7 Å². The molecule has 0 bridgehead atoms. The molecule has 0 amide bonds. The monoisotopic (exact) mass is 287 g/mol. The molecule has 4 heteroatoms. The molecule has 112 valence electrons. The van der Waals surface area contributed by atoms with Gasteiger partial charge in [-0.2, -0.15) is 0 Å². The van der Waals surface area contributed by atoms with Crippen LogP contribution in [0, 0.1) is 0 Å². The molecule has 4 nitrogen and oxygen atoms in total. The molecule has 0 saturated carbocycles. The standard InChI is InChI=1S/C17H21NO3/c1-2-20-17-10-15(11-18)8-9-16(17)21-13-19-12-14-6-4-3-5-7-14/h3-10H,2,11-13,18H2,1H3. The number of rotatable bonds is 8. The van der Waals surface area contributed by atoms with Gasteiger partial charge in [0.2, 0.25) is 0 Å². The first-order chi connectivity index (χ1) is 10.3. The summed E-state index contributed by atoms with van der Waals surface area (Å²) in [5.74, 6) is 1.37. The smallest absolute Gasteiger partial charge is 0.189 e. The van der Waals surface area contributed by atoms with Crippen LogP contribution in [0.15, 0.2) is 48.5 Å². The van der Waals surface area contributed by atoms with E-state index in [-0.39, 0.29) is 6.79 Å². The molecule has 21 heavy (non-hydrogen) atoms. The van der Waals surface area contributed by atoms with Gasteiger partial charge in [-0.05, 0) is 30.2 Å². The van der Waals surface area contributed by atoms with Crippen LogP contribution in [0.2, 0.25) is 0 Å². The molecule has 0 aliphatic rings. The highest BCUT2D eigenvalue weighted by Gasteiger charge is 2.06. The Morgan fingerprint density at radius 1 is 0.905 bits per heavy atom. The first-order valence-electron chi connectivity index (χ1n) is 7.03. The van der Waals surface area contributed by atoms with Gasteiger partial charge in [-0.1, -0.05) is 36.4 Å². The van der Waals surface area contributed by atoms with Crippen LogP contribution in [-0.2, 0) is 17.9 Å². The number of hydrogen-bond acceptors (Lipinski definition) is 4. The molecular formula is C17H21NO3. The molecule has 0 saturated heterocycles. The summed E-state index contributed by atoms with van der Waals surface area (Å²) < 4.78 is 16.7. The molecule has 0 spiro atoms. The van der Waals surface area contributed by atoms with Gasteiger partial charge in [0.15, 0.2) is 18.3 Å². The summed E-state index contributed by atoms with van der Waals surface area (Å²) in [6.45, 7) is 3.69. The Morgan fingerprint density at radius 2 is 1.71 bits per heavy atom. The second-order valence-electron chi connectivity index (χ2n) is 4.51. The second-order valence-corrected chi connectivity index (χ2v) is 4.51. The number of benzene rings is 2. The topological polar surface area (TPSA) is 53.7 Å². The minimum absolute atomic E-state index is 0.178. The van der Waals surface area contributed by atoms with Crippen LogP contribution in [0.25, 0.3) is 0 Å². The zero-order valence-electron chi connectivity index (χ0n) is 12.2. The van der Waals surface area contributed by atoms with Crippen molar-refractivity contribution in [1.29, 1.82) is 0 Å². The van der Waals surface area contributed by atoms with E-state index >= 15 is 0 Å². The van der Waals surface area contributed by atoms with E-state index in [9.17, 15) is 0 Å². The average Bonchev–Trinajstić information content (AvgIpc) is 2.54. The number of ether oxygens (including phenoxy) is 3. The van der Waals surface area contributed by atoms with E-state index in [1.54, 1.807) is 0 Å². The summed E-state index contributed by atoms with van der Waals surface area (Å²) in [7, 11) is 0. The molecule has 0 aliphatic carbocycles. The fraction of sp³-hybridized carbons (Fsp3) is 0.294. The maximum Gasteiger partial charge on any atom is 0.189 e. The van der Waals surface area contributed by atoms with Crippen molar-refractivity contribution in [1.82, 2.24) is 0 Å². The summed E-state index contributed by atoms with van der Waals surface area (Å²) in [4.78, 5) is 0. The number of hydrogen-bond donors (Lipinski definition) is 1. The van der Waals surface area contributed by atoms with E-state index in [0.29, 0.717) is 31.3 Å². The van der Waals surface area contributed by atoms with Gasteiger partial charge in [-0.15, -0.1) is 0 Å². The SMILES string of the molecule is CCOc1cc(CN)ccc1OCOCc1ccccc1. The van der Waals surface area contributed by atoms with Crippen LogP contribution in [0.3, 0.4) is 0 Å². The van der Waals surface area contributed by atoms with Crippen LogP contribution >= 0.6 is 0 Å². The first-order valence-corrected chi connectivity index (χ1v) is 7.03. The van der Waals surface area contributed by atoms with E-state index in [1.165, 1.54) is 0 Å². The lowest BCUT2D eigenvalue weighted by Gasteiger charge is -2.13. The zero-order chi connectivity index (χ0) is 14.9. The van der Waals surface area contributed by atoms with Crippen LogP contribution in [0.4, 0.5) is 0 Å². The Bertz CT molecular complexity index is 543. The largest absolute Gasteiger partial charge is 0.490 e. The second kappa shape index (κ2) is 8.29. The summed E-state index contributed by atoms with van der Waals surface area (Å²) in [6.07, 6.45) is 0. The molecule has 0 fully saturated rings. The van der Waals surface area contributed by atoms with Gasteiger partial charge in [0.25, 0.3) is 0 Å². The fourth-order valence-corrected chi connectivity index (χ4v) is 1.91. The van der Waals surface area contributed by atoms with Gasteiger partial charge in [0.05, 0.1) is 13.2 Å². The molecule has 2 aromatic carbocycles. The molecule has 0 heterocycles. The lowest BCUT2D eigenvalue weighted by atomic mass is 10.2. The third kappa shape index (κ3) is 4.77. The minimum atomic E-state index is 0.178. The molecular weight excluding hydrogens is 266 g/mol. The van der Waals surface area contributed by atoms with Gasteiger partial charge in [0, 0.05) is 6.54 Å². The third-order valence-electron chi connectivity index (χ3n) is 2.95. The lowest BCUT2D eigenvalue weighted by molar-refractivity contribution is 0.00350. The third-order valence-corrected chi connectivity index (χ3v) is 2.95. The van der Waals surface area contributed by atoms with Crippen LogP contribution in [-0.4, -0.2) is 13.4 Å². The molecule has 2 aromatic rings. The first kappa shape index (κ1) is 15.4. The molecule has 2 N–H and O–H groups in total. The van der Waals surface area contributed by atoms with Crippen LogP contribution in [0.5, 0.6) is 11.5 Å². The highest BCUT2D eigenvalue weighted by Crippen LogP contribution is 2.28. The van der Waals surface area contributed by atoms with Crippen molar-refractivity contribution in [2.24, 2.45) is 5.73 Å². The predicted molar refractivity (Wildman–Crippen MR) is 82.2 cm³/mol. The summed E-state index contributed by atoms with van der Waals surface area (Å²) in [5.41, 5.74) is 7.76. The minimum Gasteiger partial charge on any atom is -0.490 e. The lowest BCUT2D eigenvalue weighted by Crippen LogP contribution is -2.06. The van der Waals surface area contributed by atoms with Crippen LogP contribution < -0.4 is 15.2 Å². The van der Waals surface area contributed by atoms with Crippen molar-refractivity contribution in [2.75, 3.05) is 13.4 Å². The zero-order valence-corrected chi connectivity index (χ0v) is 12.2. The Morgan fingerprint density at radius 3 is 2.43 bits per heavy atom. The molecule has 0 aliphatic heterocycles. The maximum absolute atomic E-state index is 5.63. The Kier molecular flexibility index (Phi) is 6.06. The maximum atomic E-state index is 5.63. The fourth-order valence-electron chi connectivity index (χ4n) is 1.91. The van der Waals surface area contributed by atoms with Crippen molar-refractivity contribution < 1.29 is 14.2 Å². The Labute approximate surface area is 125 Å². The molecule has 0 aromatic heterocycles. The molecule has 2 rings (SSSR count). The van der Waals surface area contributed by atoms with Crippen LogP contribution in [0.1, 0.15) is 18.1 Å². The summed E-state index contributed by atoms with van der Waals surface area (Å²) in [6, 6.07) is 15.7. The van der Waals surface area contributed by atoms with Gasteiger partial charge in [-0.3, -0.25) is 0 Å². The van der Waals surface area contributed by atoms with Crippen molar-refractivity contribution in [3.63, 3.8) is 0 Å². The quantitative estimate of drug-likeness (QED) is 0.599. The van der Waals surface area contributed by atoms with E-state index in [2.05, 4.69) is 0 Å². The van der Waals surface area contributed by atoms with Crippen molar-refractivity contribution >= 4 is 0 Å². The van der Waals surface area contributed by atoms with E-state index < -0.39 is 0 Å². The number of nitrogens with two attached hydrogens (primary N) is 1. The normalized spacial score (nSPS) is 10.4. The van der Waals surface area contributed by atoms with E-state index in [1.807, 2.05) is 55.5 Å². The average molecular weight is 287 g/mol. The highest BCUT2D eigenvalue weighted by atomic mass is 16.7. The summed E-state index contributed by atoms with van der Waals surface area (Å²) in [5, 5.41) is 0.